The molecule has 1 aromatic rings. The van der Waals surface area contributed by atoms with Crippen LogP contribution >= 0.6 is 0 Å². The van der Waals surface area contributed by atoms with Crippen LogP contribution in [0.5, 0.6) is 0 Å². The number of hydrogen-bond donors (Lipinski definition) is 0. The van der Waals surface area contributed by atoms with E-state index in [1.807, 2.05) is 30.3 Å². The molecule has 1 atom stereocenters. The number of carbonyl (C=O) groups excluding carboxylic acids is 3. The van der Waals surface area contributed by atoms with Crippen molar-refractivity contribution >= 4 is 17.9 Å². The van der Waals surface area contributed by atoms with Crippen molar-refractivity contribution in [1.82, 2.24) is 9.80 Å². The molecule has 0 spiro atoms. The zero-order valence-electron chi connectivity index (χ0n) is 13.9. The molecule has 1 fully saturated rings. The summed E-state index contributed by atoms with van der Waals surface area (Å²) in [6.07, 6.45) is -0.775. The molecule has 1 aliphatic heterocycles. The van der Waals surface area contributed by atoms with Crippen LogP contribution in [0.2, 0.25) is 0 Å². The third-order valence-corrected chi connectivity index (χ3v) is 3.46. The molecular weight excluding hydrogens is 296 g/mol. The Hall–Kier alpha value is -2.37. The maximum Gasteiger partial charge on any atom is 0.417 e. The van der Waals surface area contributed by atoms with Crippen LogP contribution in [0.3, 0.4) is 0 Å². The Labute approximate surface area is 136 Å². The highest BCUT2D eigenvalue weighted by Gasteiger charge is 2.41. The zero-order valence-corrected chi connectivity index (χ0v) is 13.9. The number of imide groups is 1. The molecule has 1 aliphatic rings. The summed E-state index contributed by atoms with van der Waals surface area (Å²) in [5.74, 6) is -0.693. The van der Waals surface area contributed by atoms with Gasteiger partial charge in [-0.2, -0.15) is 0 Å². The van der Waals surface area contributed by atoms with E-state index in [0.717, 1.165) is 10.5 Å². The lowest BCUT2D eigenvalue weighted by molar-refractivity contribution is -0.154. The number of amides is 3. The van der Waals surface area contributed by atoms with E-state index in [9.17, 15) is 14.4 Å². The Morgan fingerprint density at radius 1 is 1.22 bits per heavy atom. The number of ether oxygens (including phenoxy) is 1. The van der Waals surface area contributed by atoms with Crippen molar-refractivity contribution in [3.05, 3.63) is 35.9 Å². The quantitative estimate of drug-likeness (QED) is 0.838. The molecule has 23 heavy (non-hydrogen) atoms. The van der Waals surface area contributed by atoms with Gasteiger partial charge < -0.3 is 9.64 Å². The molecular formula is C17H22N2O4. The number of nitrogens with zero attached hydrogens (tertiary/aromatic N) is 2. The molecule has 1 saturated heterocycles. The normalized spacial score (nSPS) is 19.0. The highest BCUT2D eigenvalue weighted by Crippen LogP contribution is 2.19. The number of benzene rings is 1. The lowest BCUT2D eigenvalue weighted by Gasteiger charge is -2.37. The predicted molar refractivity (Wildman–Crippen MR) is 84.4 cm³/mol. The molecule has 1 aromatic carbocycles. The molecule has 3 amide bonds. The van der Waals surface area contributed by atoms with E-state index in [2.05, 4.69) is 0 Å². The minimum absolute atomic E-state index is 0.128. The molecule has 0 bridgehead atoms. The van der Waals surface area contributed by atoms with Crippen LogP contribution in [-0.2, 0) is 20.9 Å². The average molecular weight is 318 g/mol. The van der Waals surface area contributed by atoms with Gasteiger partial charge in [0.1, 0.15) is 18.2 Å². The topological polar surface area (TPSA) is 66.9 Å². The fourth-order valence-corrected chi connectivity index (χ4v) is 2.42. The van der Waals surface area contributed by atoms with Crippen molar-refractivity contribution in [2.24, 2.45) is 0 Å². The second-order valence-electron chi connectivity index (χ2n) is 6.60. The molecule has 6 heteroatoms. The Kier molecular flexibility index (Phi) is 4.73. The third-order valence-electron chi connectivity index (χ3n) is 3.46. The highest BCUT2D eigenvalue weighted by molar-refractivity contribution is 6.03. The van der Waals surface area contributed by atoms with E-state index in [4.69, 9.17) is 4.74 Å². The second kappa shape index (κ2) is 6.40. The van der Waals surface area contributed by atoms with E-state index in [0.29, 0.717) is 6.54 Å². The Balaban J connectivity index is 2.11. The largest absolute Gasteiger partial charge is 0.443 e. The fourth-order valence-electron chi connectivity index (χ4n) is 2.42. The van der Waals surface area contributed by atoms with Crippen LogP contribution in [0.4, 0.5) is 4.79 Å². The molecule has 0 radical (unpaired) electrons. The summed E-state index contributed by atoms with van der Waals surface area (Å²) in [7, 11) is 0. The molecule has 6 nitrogen and oxygen atoms in total. The number of carbonyl (C=O) groups is 3. The SMILES string of the molecule is CC1C(=O)N(Cc2ccccc2)CC(=O)N1C(=O)OC(C)(C)C. The van der Waals surface area contributed by atoms with Crippen LogP contribution in [-0.4, -0.2) is 45.9 Å². The fraction of sp³-hybridized carbons (Fsp3) is 0.471. The minimum Gasteiger partial charge on any atom is -0.443 e. The summed E-state index contributed by atoms with van der Waals surface area (Å²) in [5.41, 5.74) is 0.216. The molecule has 2 rings (SSSR count). The van der Waals surface area contributed by atoms with E-state index < -0.39 is 23.6 Å². The summed E-state index contributed by atoms with van der Waals surface area (Å²) in [6, 6.07) is 8.56. The first-order chi connectivity index (χ1) is 10.7. The summed E-state index contributed by atoms with van der Waals surface area (Å²) in [4.78, 5) is 39.3. The van der Waals surface area contributed by atoms with Gasteiger partial charge in [-0.25, -0.2) is 9.69 Å². The standard InChI is InChI=1S/C17H22N2O4/c1-12-15(21)18(10-13-8-6-5-7-9-13)11-14(20)19(12)16(22)23-17(2,3)4/h5-9,12H,10-11H2,1-4H3. The number of piperazine rings is 1. The van der Waals surface area contributed by atoms with Crippen LogP contribution in [0.15, 0.2) is 30.3 Å². The first kappa shape index (κ1) is 17.0. The molecule has 0 saturated carbocycles. The summed E-state index contributed by atoms with van der Waals surface area (Å²) in [6.45, 7) is 6.91. The predicted octanol–water partition coefficient (Wildman–Crippen LogP) is 2.18. The monoisotopic (exact) mass is 318 g/mol. The van der Waals surface area contributed by atoms with Crippen molar-refractivity contribution in [2.45, 2.75) is 45.9 Å². The average Bonchev–Trinajstić information content (AvgIpc) is 2.43. The van der Waals surface area contributed by atoms with Gasteiger partial charge in [0.15, 0.2) is 0 Å². The maximum atomic E-state index is 12.5. The van der Waals surface area contributed by atoms with Gasteiger partial charge in [0.05, 0.1) is 0 Å². The second-order valence-corrected chi connectivity index (χ2v) is 6.60. The first-order valence-electron chi connectivity index (χ1n) is 7.57. The van der Waals surface area contributed by atoms with Gasteiger partial charge in [-0.15, -0.1) is 0 Å². The third kappa shape index (κ3) is 4.09. The Morgan fingerprint density at radius 3 is 2.39 bits per heavy atom. The van der Waals surface area contributed by atoms with Crippen molar-refractivity contribution in [3.63, 3.8) is 0 Å². The van der Waals surface area contributed by atoms with Gasteiger partial charge in [-0.3, -0.25) is 9.59 Å². The van der Waals surface area contributed by atoms with E-state index in [1.165, 1.54) is 4.90 Å². The first-order valence-corrected chi connectivity index (χ1v) is 7.57. The molecule has 1 unspecified atom stereocenters. The number of hydrogen-bond acceptors (Lipinski definition) is 4. The molecule has 1 heterocycles. The van der Waals surface area contributed by atoms with Crippen LogP contribution in [0.1, 0.15) is 33.3 Å². The van der Waals surface area contributed by atoms with Gasteiger partial charge in [0, 0.05) is 6.54 Å². The van der Waals surface area contributed by atoms with Gasteiger partial charge in [0.2, 0.25) is 5.91 Å². The zero-order chi connectivity index (χ0) is 17.2. The van der Waals surface area contributed by atoms with Gasteiger partial charge in [-0.1, -0.05) is 30.3 Å². The molecule has 0 N–H and O–H groups in total. The summed E-state index contributed by atoms with van der Waals surface area (Å²) < 4.78 is 5.22. The Morgan fingerprint density at radius 2 is 1.83 bits per heavy atom. The molecule has 0 aromatic heterocycles. The number of rotatable bonds is 2. The van der Waals surface area contributed by atoms with Crippen molar-refractivity contribution < 1.29 is 19.1 Å². The van der Waals surface area contributed by atoms with E-state index in [-0.39, 0.29) is 12.5 Å². The lowest BCUT2D eigenvalue weighted by atomic mass is 10.1. The summed E-state index contributed by atoms with van der Waals surface area (Å²) >= 11 is 0. The van der Waals surface area contributed by atoms with Crippen molar-refractivity contribution in [1.29, 1.82) is 0 Å². The van der Waals surface area contributed by atoms with Gasteiger partial charge >= 0.3 is 6.09 Å². The molecule has 0 aliphatic carbocycles. The van der Waals surface area contributed by atoms with Crippen molar-refractivity contribution in [3.8, 4) is 0 Å². The van der Waals surface area contributed by atoms with E-state index >= 15 is 0 Å². The van der Waals surface area contributed by atoms with Crippen LogP contribution in [0, 0.1) is 0 Å². The van der Waals surface area contributed by atoms with Crippen LogP contribution in [0.25, 0.3) is 0 Å². The Bertz CT molecular complexity index is 607. The highest BCUT2D eigenvalue weighted by atomic mass is 16.6. The minimum atomic E-state index is -0.866. The van der Waals surface area contributed by atoms with Gasteiger partial charge in [-0.05, 0) is 33.3 Å². The van der Waals surface area contributed by atoms with Crippen molar-refractivity contribution in [2.75, 3.05) is 6.54 Å². The maximum absolute atomic E-state index is 12.5. The lowest BCUT2D eigenvalue weighted by Crippen LogP contribution is -2.60. The molecule has 124 valence electrons. The van der Waals surface area contributed by atoms with Gasteiger partial charge in [0.25, 0.3) is 5.91 Å². The van der Waals surface area contributed by atoms with Crippen LogP contribution < -0.4 is 0 Å². The smallest absolute Gasteiger partial charge is 0.417 e. The summed E-state index contributed by atoms with van der Waals surface area (Å²) in [5, 5.41) is 0. The van der Waals surface area contributed by atoms with E-state index in [1.54, 1.807) is 27.7 Å².